The molecule has 0 bridgehead atoms. The largest absolute Gasteiger partial charge is 0.465 e. The van der Waals surface area contributed by atoms with Crippen molar-refractivity contribution < 1.29 is 38.3 Å². The minimum absolute atomic E-state index is 0.0654. The lowest BCUT2D eigenvalue weighted by Gasteiger charge is -2.30. The first kappa shape index (κ1) is 26.2. The third kappa shape index (κ3) is 8.78. The van der Waals surface area contributed by atoms with E-state index in [9.17, 15) is 28.8 Å². The number of likely N-dealkylation sites (N-methyl/N-ethyl adjacent to an activating group) is 1. The van der Waals surface area contributed by atoms with Crippen LogP contribution in [0.25, 0.3) is 0 Å². The Labute approximate surface area is 193 Å². The maximum atomic E-state index is 12.3. The van der Waals surface area contributed by atoms with E-state index in [1.807, 2.05) is 0 Å². The lowest BCUT2D eigenvalue weighted by molar-refractivity contribution is -0.197. The Morgan fingerprint density at radius 1 is 1.03 bits per heavy atom. The van der Waals surface area contributed by atoms with Crippen molar-refractivity contribution in [3.63, 3.8) is 0 Å². The second kappa shape index (κ2) is 13.5. The molecule has 1 aliphatic heterocycles. The van der Waals surface area contributed by atoms with Gasteiger partial charge in [-0.05, 0) is 56.9 Å². The molecule has 0 N–H and O–H groups in total. The fourth-order valence-electron chi connectivity index (χ4n) is 3.95. The molecule has 2 aliphatic rings. The van der Waals surface area contributed by atoms with Crippen molar-refractivity contribution in [3.05, 3.63) is 12.2 Å². The molecule has 1 heterocycles. The van der Waals surface area contributed by atoms with Gasteiger partial charge in [-0.1, -0.05) is 0 Å². The lowest BCUT2D eigenvalue weighted by atomic mass is 9.82. The molecule has 33 heavy (non-hydrogen) atoms. The number of rotatable bonds is 12. The highest BCUT2D eigenvalue weighted by Crippen LogP contribution is 2.30. The number of ether oxygens (including phenoxy) is 1. The Hall–Kier alpha value is -3.04. The lowest BCUT2D eigenvalue weighted by Crippen LogP contribution is -2.33. The van der Waals surface area contributed by atoms with Crippen molar-refractivity contribution in [1.82, 2.24) is 9.96 Å². The number of carbonyl (C=O) groups excluding carboxylic acids is 6. The average Bonchev–Trinajstić information content (AvgIpc) is 3.11. The summed E-state index contributed by atoms with van der Waals surface area (Å²) in [6, 6.07) is 0. The summed E-state index contributed by atoms with van der Waals surface area (Å²) < 4.78 is 5.36. The van der Waals surface area contributed by atoms with Crippen molar-refractivity contribution in [1.29, 1.82) is 0 Å². The van der Waals surface area contributed by atoms with Crippen LogP contribution in [0, 0.1) is 11.8 Å². The zero-order chi connectivity index (χ0) is 24.2. The summed E-state index contributed by atoms with van der Waals surface area (Å²) in [5.74, 6) is -1.86. The van der Waals surface area contributed by atoms with Gasteiger partial charge in [0.2, 0.25) is 5.91 Å². The summed E-state index contributed by atoms with van der Waals surface area (Å²) in [6.07, 6.45) is 8.06. The molecule has 3 amide bonds. The van der Waals surface area contributed by atoms with Crippen molar-refractivity contribution in [2.75, 3.05) is 20.2 Å². The molecular formula is C23H32N2O8. The number of hydrogen-bond acceptors (Lipinski definition) is 8. The van der Waals surface area contributed by atoms with Crippen LogP contribution in [0.5, 0.6) is 0 Å². The number of allylic oxidation sites excluding steroid dienone is 1. The van der Waals surface area contributed by atoms with Gasteiger partial charge in [0.05, 0.1) is 12.5 Å². The van der Waals surface area contributed by atoms with Crippen molar-refractivity contribution in [2.24, 2.45) is 11.8 Å². The molecule has 182 valence electrons. The van der Waals surface area contributed by atoms with Gasteiger partial charge in [-0.25, -0.2) is 4.79 Å². The highest BCUT2D eigenvalue weighted by molar-refractivity contribution is 6.01. The number of hydrogen-bond donors (Lipinski definition) is 0. The van der Waals surface area contributed by atoms with Crippen LogP contribution in [-0.4, -0.2) is 66.1 Å². The number of hydroxylamine groups is 2. The minimum Gasteiger partial charge on any atom is -0.465 e. The molecule has 0 atom stereocenters. The fourth-order valence-corrected chi connectivity index (χ4v) is 3.95. The maximum absolute atomic E-state index is 12.3. The van der Waals surface area contributed by atoms with Gasteiger partial charge in [-0.3, -0.25) is 24.0 Å². The topological polar surface area (TPSA) is 127 Å². The first-order chi connectivity index (χ1) is 15.8. The van der Waals surface area contributed by atoms with E-state index in [1.165, 1.54) is 12.2 Å². The molecule has 1 saturated carbocycles. The first-order valence-electron chi connectivity index (χ1n) is 11.4. The maximum Gasteiger partial charge on any atom is 0.333 e. The third-order valence-corrected chi connectivity index (χ3v) is 5.87. The fraction of sp³-hybridized carbons (Fsp3) is 0.652. The predicted octanol–water partition coefficient (Wildman–Crippen LogP) is 1.72. The van der Waals surface area contributed by atoms with Crippen LogP contribution in [0.3, 0.4) is 0 Å². The molecule has 0 aromatic carbocycles. The molecule has 0 aromatic heterocycles. The van der Waals surface area contributed by atoms with E-state index in [2.05, 4.69) is 0 Å². The van der Waals surface area contributed by atoms with Gasteiger partial charge in [-0.15, -0.1) is 5.06 Å². The number of nitrogens with zero attached hydrogens (tertiary/aromatic N) is 2. The Kier molecular flexibility index (Phi) is 10.7. The Bertz CT molecular complexity index is 754. The Morgan fingerprint density at radius 3 is 2.33 bits per heavy atom. The predicted molar refractivity (Wildman–Crippen MR) is 115 cm³/mol. The number of amides is 3. The quantitative estimate of drug-likeness (QED) is 0.140. The van der Waals surface area contributed by atoms with E-state index in [4.69, 9.17) is 9.57 Å². The summed E-state index contributed by atoms with van der Waals surface area (Å²) in [6.45, 7) is 0.865. The normalized spacial score (nSPS) is 20.7. The zero-order valence-corrected chi connectivity index (χ0v) is 19.0. The second-order valence-electron chi connectivity index (χ2n) is 8.45. The monoisotopic (exact) mass is 464 g/mol. The standard InChI is InChI=1S/C23H32N2O8/c1-24(19(27)6-5-14-26)16-17-8-10-18(11-9-17)23(31)32-15-4-2-3-7-22(30)33-25-20(28)12-13-21(25)29/h5-6,14,17-18H,2-4,7-13,15-16H2,1H3/b6-5-. The molecule has 1 saturated heterocycles. The van der Waals surface area contributed by atoms with E-state index in [1.54, 1.807) is 11.9 Å². The van der Waals surface area contributed by atoms with E-state index in [0.29, 0.717) is 43.1 Å². The molecule has 0 unspecified atom stereocenters. The van der Waals surface area contributed by atoms with E-state index in [-0.39, 0.29) is 43.7 Å². The highest BCUT2D eigenvalue weighted by atomic mass is 16.7. The molecule has 0 radical (unpaired) electrons. The number of esters is 1. The van der Waals surface area contributed by atoms with Crippen molar-refractivity contribution >= 4 is 35.9 Å². The van der Waals surface area contributed by atoms with Crippen LogP contribution in [0.1, 0.15) is 64.2 Å². The SMILES string of the molecule is CN(CC1CCC(C(=O)OCCCCCC(=O)ON2C(=O)CCC2=O)CC1)C(=O)/C=C\C=O. The average molecular weight is 465 g/mol. The smallest absolute Gasteiger partial charge is 0.333 e. The van der Waals surface area contributed by atoms with Crippen molar-refractivity contribution in [3.8, 4) is 0 Å². The second-order valence-corrected chi connectivity index (χ2v) is 8.45. The molecule has 1 aliphatic carbocycles. The molecule has 2 rings (SSSR count). The van der Waals surface area contributed by atoms with Gasteiger partial charge < -0.3 is 14.5 Å². The van der Waals surface area contributed by atoms with E-state index >= 15 is 0 Å². The van der Waals surface area contributed by atoms with Crippen LogP contribution < -0.4 is 0 Å². The summed E-state index contributed by atoms with van der Waals surface area (Å²) in [5.41, 5.74) is 0. The number of unbranched alkanes of at least 4 members (excludes halogenated alkanes) is 2. The van der Waals surface area contributed by atoms with Crippen LogP contribution in [0.2, 0.25) is 0 Å². The van der Waals surface area contributed by atoms with Crippen LogP contribution in [0.15, 0.2) is 12.2 Å². The third-order valence-electron chi connectivity index (χ3n) is 5.87. The molecule has 0 aromatic rings. The summed E-state index contributed by atoms with van der Waals surface area (Å²) >= 11 is 0. The van der Waals surface area contributed by atoms with Gasteiger partial charge in [-0.2, -0.15) is 0 Å². The summed E-state index contributed by atoms with van der Waals surface area (Å²) in [4.78, 5) is 75.3. The molecule has 10 nitrogen and oxygen atoms in total. The van der Waals surface area contributed by atoms with Gasteiger partial charge in [0.25, 0.3) is 11.8 Å². The van der Waals surface area contributed by atoms with Gasteiger partial charge in [0, 0.05) is 38.9 Å². The van der Waals surface area contributed by atoms with Crippen LogP contribution >= 0.6 is 0 Å². The van der Waals surface area contributed by atoms with Crippen LogP contribution in [-0.2, 0) is 38.3 Å². The van der Waals surface area contributed by atoms with Crippen LogP contribution in [0.4, 0.5) is 0 Å². The summed E-state index contributed by atoms with van der Waals surface area (Å²) in [7, 11) is 1.70. The van der Waals surface area contributed by atoms with Gasteiger partial charge in [0.1, 0.15) is 6.29 Å². The summed E-state index contributed by atoms with van der Waals surface area (Å²) in [5, 5.41) is 0.541. The number of carbonyl (C=O) groups is 6. The Morgan fingerprint density at radius 2 is 1.70 bits per heavy atom. The van der Waals surface area contributed by atoms with Gasteiger partial charge >= 0.3 is 11.9 Å². The zero-order valence-electron chi connectivity index (χ0n) is 19.0. The molecule has 10 heteroatoms. The van der Waals surface area contributed by atoms with E-state index < -0.39 is 17.8 Å². The molecular weight excluding hydrogens is 432 g/mol. The first-order valence-corrected chi connectivity index (χ1v) is 11.4. The van der Waals surface area contributed by atoms with Gasteiger partial charge in [0.15, 0.2) is 0 Å². The van der Waals surface area contributed by atoms with E-state index in [0.717, 1.165) is 25.7 Å². The Balaban J connectivity index is 1.53. The molecule has 2 fully saturated rings. The number of aldehydes is 1. The molecule has 0 spiro atoms. The number of imide groups is 1. The minimum atomic E-state index is -0.625. The van der Waals surface area contributed by atoms with Crippen molar-refractivity contribution in [2.45, 2.75) is 64.2 Å². The highest BCUT2D eigenvalue weighted by Gasteiger charge is 2.32.